The minimum Gasteiger partial charge on any atom is -0.414 e. The van der Waals surface area contributed by atoms with Crippen LogP contribution in [0.5, 0.6) is 0 Å². The molecule has 0 bridgehead atoms. The van der Waals surface area contributed by atoms with Gasteiger partial charge in [0.25, 0.3) is 5.69 Å². The molecule has 0 aliphatic rings. The fourth-order valence-corrected chi connectivity index (χ4v) is 0.897. The monoisotopic (exact) mass is 215 g/mol. The molecule has 0 aliphatic heterocycles. The molecule has 0 spiro atoms. The van der Waals surface area contributed by atoms with Crippen LogP contribution >= 0.6 is 0 Å². The summed E-state index contributed by atoms with van der Waals surface area (Å²) in [6.45, 7) is 0. The van der Waals surface area contributed by atoms with Crippen LogP contribution in [0.2, 0.25) is 0 Å². The summed E-state index contributed by atoms with van der Waals surface area (Å²) in [6, 6.07) is 0.581. The quantitative estimate of drug-likeness (QED) is 0.505. The van der Waals surface area contributed by atoms with Crippen molar-refractivity contribution in [2.75, 3.05) is 7.11 Å². The molecule has 0 saturated heterocycles. The smallest absolute Gasteiger partial charge is 0.361 e. The number of pyridine rings is 1. The summed E-state index contributed by atoms with van der Waals surface area (Å²) in [5.74, 6) is 0. The number of hydrogen-bond donors (Lipinski definition) is 0. The fraction of sp³-hybridized carbons (Fsp3) is 0.167. The van der Waals surface area contributed by atoms with Crippen LogP contribution in [0.25, 0.3) is 0 Å². The van der Waals surface area contributed by atoms with Crippen molar-refractivity contribution >= 4 is 11.4 Å². The molecule has 1 aromatic rings. The van der Waals surface area contributed by atoms with Gasteiger partial charge in [0.05, 0.1) is 9.85 Å². The van der Waals surface area contributed by atoms with Gasteiger partial charge in [0.2, 0.25) is 0 Å². The van der Waals surface area contributed by atoms with Gasteiger partial charge in [-0.3, -0.25) is 25.0 Å². The predicted octanol–water partition coefficient (Wildman–Crippen LogP) is -0.277. The van der Waals surface area contributed by atoms with E-state index in [4.69, 9.17) is 0 Å². The lowest BCUT2D eigenvalue weighted by atomic mass is 10.4. The number of hydrogen-bond acceptors (Lipinski definition) is 6. The van der Waals surface area contributed by atoms with Crippen molar-refractivity contribution in [3.8, 4) is 0 Å². The Bertz CT molecular complexity index is 478. The van der Waals surface area contributed by atoms with Crippen LogP contribution in [0.15, 0.2) is 17.1 Å². The second-order valence-electron chi connectivity index (χ2n) is 2.41. The van der Waals surface area contributed by atoms with Crippen LogP contribution in [0.4, 0.5) is 11.4 Å². The number of aromatic nitrogens is 1. The second kappa shape index (κ2) is 3.74. The number of nitrogens with zero attached hydrogens (tertiary/aromatic N) is 3. The minimum atomic E-state index is -1.06. The zero-order valence-electron chi connectivity index (χ0n) is 7.45. The summed E-state index contributed by atoms with van der Waals surface area (Å²) >= 11 is 0. The lowest BCUT2D eigenvalue weighted by Gasteiger charge is -2.01. The SMILES string of the molecule is COn1cc([N+](=O)[O-])cc([N+](=O)[O-])c1=O. The van der Waals surface area contributed by atoms with Crippen molar-refractivity contribution in [1.29, 1.82) is 0 Å². The van der Waals surface area contributed by atoms with E-state index in [0.29, 0.717) is 10.8 Å². The van der Waals surface area contributed by atoms with Gasteiger partial charge in [0.1, 0.15) is 19.4 Å². The summed E-state index contributed by atoms with van der Waals surface area (Å²) in [7, 11) is 1.06. The molecule has 0 radical (unpaired) electrons. The van der Waals surface area contributed by atoms with Crippen LogP contribution in [0.3, 0.4) is 0 Å². The third kappa shape index (κ3) is 1.90. The average Bonchev–Trinajstić information content (AvgIpc) is 2.17. The van der Waals surface area contributed by atoms with Gasteiger partial charge in [0.15, 0.2) is 0 Å². The molecule has 0 atom stereocenters. The summed E-state index contributed by atoms with van der Waals surface area (Å²) < 4.78 is 0.427. The highest BCUT2D eigenvalue weighted by molar-refractivity contribution is 5.38. The summed E-state index contributed by atoms with van der Waals surface area (Å²) in [5, 5.41) is 20.7. The van der Waals surface area contributed by atoms with Crippen LogP contribution in [-0.4, -0.2) is 21.7 Å². The van der Waals surface area contributed by atoms with Crippen LogP contribution in [-0.2, 0) is 0 Å². The molecule has 15 heavy (non-hydrogen) atoms. The van der Waals surface area contributed by atoms with Gasteiger partial charge in [-0.25, -0.2) is 0 Å². The van der Waals surface area contributed by atoms with Crippen molar-refractivity contribution in [2.24, 2.45) is 0 Å². The largest absolute Gasteiger partial charge is 0.414 e. The third-order valence-corrected chi connectivity index (χ3v) is 1.56. The molecule has 0 amide bonds. The summed E-state index contributed by atoms with van der Waals surface area (Å²) in [6.07, 6.45) is 0.759. The van der Waals surface area contributed by atoms with Crippen molar-refractivity contribution in [2.45, 2.75) is 0 Å². The highest BCUT2D eigenvalue weighted by Gasteiger charge is 2.21. The van der Waals surface area contributed by atoms with Crippen molar-refractivity contribution in [3.05, 3.63) is 42.8 Å². The minimum absolute atomic E-state index is 0.427. The summed E-state index contributed by atoms with van der Waals surface area (Å²) in [4.78, 5) is 34.5. The van der Waals surface area contributed by atoms with Gasteiger partial charge in [-0.15, -0.1) is 4.73 Å². The molecule has 0 saturated carbocycles. The molecule has 80 valence electrons. The highest BCUT2D eigenvalue weighted by Crippen LogP contribution is 2.14. The van der Waals surface area contributed by atoms with E-state index in [-0.39, 0.29) is 0 Å². The van der Waals surface area contributed by atoms with Gasteiger partial charge in [0, 0.05) is 0 Å². The van der Waals surface area contributed by atoms with E-state index in [1.165, 1.54) is 0 Å². The van der Waals surface area contributed by atoms with Crippen molar-refractivity contribution in [3.63, 3.8) is 0 Å². The van der Waals surface area contributed by atoms with E-state index < -0.39 is 26.8 Å². The van der Waals surface area contributed by atoms with Crippen LogP contribution in [0, 0.1) is 20.2 Å². The Kier molecular flexibility index (Phi) is 2.65. The second-order valence-corrected chi connectivity index (χ2v) is 2.41. The molecule has 0 aliphatic carbocycles. The molecule has 9 heteroatoms. The predicted molar refractivity (Wildman–Crippen MR) is 46.5 cm³/mol. The molecular weight excluding hydrogens is 210 g/mol. The Hall–Kier alpha value is -2.45. The zero-order valence-corrected chi connectivity index (χ0v) is 7.45. The lowest BCUT2D eigenvalue weighted by Crippen LogP contribution is -2.26. The molecule has 1 rings (SSSR count). The topological polar surface area (TPSA) is 118 Å². The normalized spacial score (nSPS) is 9.67. The van der Waals surface area contributed by atoms with Crippen LogP contribution in [0.1, 0.15) is 0 Å². The van der Waals surface area contributed by atoms with Crippen LogP contribution < -0.4 is 10.4 Å². The molecule has 1 heterocycles. The van der Waals surface area contributed by atoms with Crippen molar-refractivity contribution in [1.82, 2.24) is 4.73 Å². The molecule has 0 aromatic carbocycles. The first-order valence-corrected chi connectivity index (χ1v) is 3.57. The maximum Gasteiger partial charge on any atom is 0.361 e. The first-order valence-electron chi connectivity index (χ1n) is 3.57. The van der Waals surface area contributed by atoms with E-state index in [9.17, 15) is 25.0 Å². The van der Waals surface area contributed by atoms with Gasteiger partial charge in [-0.05, 0) is 0 Å². The van der Waals surface area contributed by atoms with E-state index in [0.717, 1.165) is 13.3 Å². The first-order chi connectivity index (χ1) is 6.97. The average molecular weight is 215 g/mol. The first kappa shape index (κ1) is 10.6. The lowest BCUT2D eigenvalue weighted by molar-refractivity contribution is -0.396. The Morgan fingerprint density at radius 2 is 1.93 bits per heavy atom. The van der Waals surface area contributed by atoms with E-state index in [1.54, 1.807) is 0 Å². The Balaban J connectivity index is 3.52. The molecule has 0 fully saturated rings. The third-order valence-electron chi connectivity index (χ3n) is 1.56. The van der Waals surface area contributed by atoms with Gasteiger partial charge in [-0.1, -0.05) is 0 Å². The maximum absolute atomic E-state index is 11.2. The van der Waals surface area contributed by atoms with Gasteiger partial charge in [-0.2, -0.15) is 0 Å². The summed E-state index contributed by atoms with van der Waals surface area (Å²) in [5.41, 5.74) is -2.57. The highest BCUT2D eigenvalue weighted by atomic mass is 16.7. The number of nitro groups is 2. The maximum atomic E-state index is 11.2. The van der Waals surface area contributed by atoms with E-state index >= 15 is 0 Å². The van der Waals surface area contributed by atoms with E-state index in [2.05, 4.69) is 4.84 Å². The number of rotatable bonds is 3. The molecule has 0 N–H and O–H groups in total. The molecule has 0 unspecified atom stereocenters. The molecular formula is C6H5N3O6. The Morgan fingerprint density at radius 3 is 2.33 bits per heavy atom. The fourth-order valence-electron chi connectivity index (χ4n) is 0.897. The standard InChI is InChI=1S/C6H5N3O6/c1-15-7-3-4(8(11)12)2-5(6(7)10)9(13)14/h2-3H,1H3. The van der Waals surface area contributed by atoms with Gasteiger partial charge >= 0.3 is 11.2 Å². The van der Waals surface area contributed by atoms with Gasteiger partial charge < -0.3 is 4.84 Å². The Morgan fingerprint density at radius 1 is 1.33 bits per heavy atom. The molecule has 9 nitrogen and oxygen atoms in total. The zero-order chi connectivity index (χ0) is 11.6. The van der Waals surface area contributed by atoms with E-state index in [1.807, 2.05) is 0 Å². The Labute approximate surface area is 81.8 Å². The van der Waals surface area contributed by atoms with Crippen molar-refractivity contribution < 1.29 is 14.7 Å². The molecule has 1 aromatic heterocycles.